The van der Waals surface area contributed by atoms with E-state index in [9.17, 15) is 0 Å². The molecule has 310 valence electrons. The van der Waals surface area contributed by atoms with Gasteiger partial charge in [-0.25, -0.2) is 0 Å². The van der Waals surface area contributed by atoms with Gasteiger partial charge in [-0.2, -0.15) is 0 Å². The van der Waals surface area contributed by atoms with Gasteiger partial charge in [-0.15, -0.1) is 11.3 Å². The third-order valence-corrected chi connectivity index (χ3v) is 14.1. The number of hydrogen-bond acceptors (Lipinski definition) is 2. The summed E-state index contributed by atoms with van der Waals surface area (Å²) < 4.78 is 2.66. The Kier molecular flexibility index (Phi) is 10.1. The topological polar surface area (TPSA) is 3.24 Å². The lowest BCUT2D eigenvalue weighted by Crippen LogP contribution is -2.09. The second-order valence-corrected chi connectivity index (χ2v) is 17.9. The monoisotopic (exact) mass is 857 g/mol. The predicted octanol–water partition coefficient (Wildman–Crippen LogP) is 18.7. The van der Waals surface area contributed by atoms with Crippen LogP contribution in [0.15, 0.2) is 261 Å². The van der Waals surface area contributed by atoms with Gasteiger partial charge in [0.15, 0.2) is 0 Å². The van der Waals surface area contributed by atoms with Gasteiger partial charge in [0.05, 0.1) is 0 Å². The van der Waals surface area contributed by atoms with Crippen LogP contribution in [0.25, 0.3) is 97.7 Å². The van der Waals surface area contributed by atoms with E-state index < -0.39 is 0 Å². The fraction of sp³-hybridized carbons (Fsp3) is 0. The maximum Gasteiger partial charge on any atom is 0.0462 e. The average molecular weight is 858 g/mol. The molecule has 0 aliphatic carbocycles. The lowest BCUT2D eigenvalue weighted by Gasteiger charge is -2.26. The summed E-state index contributed by atoms with van der Waals surface area (Å²) in [5, 5.41) is 5.14. The summed E-state index contributed by atoms with van der Waals surface area (Å²) in [6.45, 7) is 0. The lowest BCUT2D eigenvalue weighted by molar-refractivity contribution is 1.28. The number of rotatable bonds is 9. The second kappa shape index (κ2) is 17.0. The summed E-state index contributed by atoms with van der Waals surface area (Å²) in [5.41, 5.74) is 17.7. The molecule has 11 aromatic carbocycles. The Morgan fingerprint density at radius 2 is 0.652 bits per heavy atom. The van der Waals surface area contributed by atoms with E-state index in [0.717, 1.165) is 17.1 Å². The van der Waals surface area contributed by atoms with Crippen molar-refractivity contribution in [2.75, 3.05) is 4.90 Å². The van der Waals surface area contributed by atoms with Gasteiger partial charge >= 0.3 is 0 Å². The minimum atomic E-state index is 1.09. The molecule has 0 bridgehead atoms. The Morgan fingerprint density at radius 1 is 0.242 bits per heavy atom. The van der Waals surface area contributed by atoms with E-state index in [1.165, 1.54) is 97.7 Å². The number of thiophene rings is 1. The van der Waals surface area contributed by atoms with Gasteiger partial charge in [0.25, 0.3) is 0 Å². The van der Waals surface area contributed by atoms with Gasteiger partial charge in [-0.1, -0.05) is 194 Å². The first-order valence-electron chi connectivity index (χ1n) is 22.6. The highest BCUT2D eigenvalue weighted by molar-refractivity contribution is 7.26. The highest BCUT2D eigenvalue weighted by Gasteiger charge is 2.16. The molecular weight excluding hydrogens is 815 g/mol. The molecule has 66 heavy (non-hydrogen) atoms. The van der Waals surface area contributed by atoms with E-state index in [4.69, 9.17) is 0 Å². The summed E-state index contributed by atoms with van der Waals surface area (Å²) in [4.78, 5) is 2.37. The van der Waals surface area contributed by atoms with Gasteiger partial charge in [0, 0.05) is 37.2 Å². The van der Waals surface area contributed by atoms with E-state index in [2.05, 4.69) is 266 Å². The Hall–Kier alpha value is -8.30. The quantitative estimate of drug-likeness (QED) is 0.140. The summed E-state index contributed by atoms with van der Waals surface area (Å²) >= 11 is 1.88. The molecule has 0 amide bonds. The standard InChI is InChI=1S/C64H43NS/c1-3-14-44(15-4-1)52-41-53(45-16-5-2-6-17-45)43-54(42-52)47-30-36-56(37-31-47)65(57-38-32-49(33-39-57)59-24-12-19-48-18-7-8-22-58(48)59)55-34-28-46(29-35-55)50-20-11-21-51(40-50)60-25-13-26-62-61-23-9-10-27-63(61)66-64(60)62/h1-43H. The number of hydrogen-bond donors (Lipinski definition) is 0. The van der Waals surface area contributed by atoms with Crippen molar-refractivity contribution in [1.29, 1.82) is 0 Å². The molecule has 0 spiro atoms. The fourth-order valence-electron chi connectivity index (χ4n) is 9.55. The normalized spacial score (nSPS) is 11.3. The molecule has 0 saturated heterocycles. The van der Waals surface area contributed by atoms with Crippen molar-refractivity contribution in [3.8, 4) is 66.8 Å². The minimum Gasteiger partial charge on any atom is -0.311 e. The molecule has 0 radical (unpaired) electrons. The predicted molar refractivity (Wildman–Crippen MR) is 284 cm³/mol. The number of benzene rings is 11. The van der Waals surface area contributed by atoms with Crippen LogP contribution in [0.2, 0.25) is 0 Å². The highest BCUT2D eigenvalue weighted by Crippen LogP contribution is 2.42. The summed E-state index contributed by atoms with van der Waals surface area (Å²) in [5.74, 6) is 0. The number of nitrogens with zero attached hydrogens (tertiary/aromatic N) is 1. The number of fused-ring (bicyclic) bond motifs is 4. The third-order valence-electron chi connectivity index (χ3n) is 12.9. The zero-order chi connectivity index (χ0) is 43.8. The van der Waals surface area contributed by atoms with Crippen molar-refractivity contribution in [3.05, 3.63) is 261 Å². The van der Waals surface area contributed by atoms with Crippen molar-refractivity contribution < 1.29 is 0 Å². The molecule has 0 fully saturated rings. The summed E-state index contributed by atoms with van der Waals surface area (Å²) in [6.07, 6.45) is 0. The maximum absolute atomic E-state index is 2.37. The molecule has 2 heteroatoms. The second-order valence-electron chi connectivity index (χ2n) is 16.9. The molecule has 12 rings (SSSR count). The Bertz CT molecular complexity index is 3600. The summed E-state index contributed by atoms with van der Waals surface area (Å²) in [6, 6.07) is 95.0. The van der Waals surface area contributed by atoms with E-state index >= 15 is 0 Å². The van der Waals surface area contributed by atoms with Crippen molar-refractivity contribution in [2.45, 2.75) is 0 Å². The summed E-state index contributed by atoms with van der Waals surface area (Å²) in [7, 11) is 0. The van der Waals surface area contributed by atoms with Crippen molar-refractivity contribution >= 4 is 59.3 Å². The van der Waals surface area contributed by atoms with Crippen LogP contribution in [0, 0.1) is 0 Å². The van der Waals surface area contributed by atoms with Gasteiger partial charge in [-0.05, 0) is 144 Å². The lowest BCUT2D eigenvalue weighted by atomic mass is 9.93. The van der Waals surface area contributed by atoms with Crippen molar-refractivity contribution in [2.24, 2.45) is 0 Å². The third kappa shape index (κ3) is 7.44. The molecule has 1 aromatic heterocycles. The zero-order valence-electron chi connectivity index (χ0n) is 36.2. The fourth-order valence-corrected chi connectivity index (χ4v) is 10.8. The molecule has 0 saturated carbocycles. The SMILES string of the molecule is c1ccc(-c2cc(-c3ccccc3)cc(-c3ccc(N(c4ccc(-c5cccc(-c6cccc7c6sc6ccccc67)c5)cc4)c4ccc(-c5cccc6ccccc56)cc4)cc3)c2)cc1. The van der Waals surface area contributed by atoms with Crippen LogP contribution in [-0.2, 0) is 0 Å². The van der Waals surface area contributed by atoms with E-state index in [0.29, 0.717) is 0 Å². The zero-order valence-corrected chi connectivity index (χ0v) is 37.0. The first kappa shape index (κ1) is 39.3. The maximum atomic E-state index is 2.37. The van der Waals surface area contributed by atoms with Gasteiger partial charge in [-0.3, -0.25) is 0 Å². The van der Waals surface area contributed by atoms with E-state index in [1.54, 1.807) is 0 Å². The Labute approximate surface area is 389 Å². The van der Waals surface area contributed by atoms with Crippen LogP contribution >= 0.6 is 11.3 Å². The van der Waals surface area contributed by atoms with Gasteiger partial charge < -0.3 is 4.90 Å². The van der Waals surface area contributed by atoms with E-state index in [1.807, 2.05) is 11.3 Å². The number of anilines is 3. The van der Waals surface area contributed by atoms with Crippen molar-refractivity contribution in [3.63, 3.8) is 0 Å². The highest BCUT2D eigenvalue weighted by atomic mass is 32.1. The van der Waals surface area contributed by atoms with Gasteiger partial charge in [0.1, 0.15) is 0 Å². The van der Waals surface area contributed by atoms with Crippen LogP contribution in [0.1, 0.15) is 0 Å². The molecular formula is C64H43NS. The van der Waals surface area contributed by atoms with Crippen LogP contribution in [-0.4, -0.2) is 0 Å². The molecule has 0 atom stereocenters. The van der Waals surface area contributed by atoms with Crippen LogP contribution in [0.5, 0.6) is 0 Å². The molecule has 0 aliphatic rings. The Morgan fingerprint density at radius 3 is 1.29 bits per heavy atom. The molecule has 0 aliphatic heterocycles. The Balaban J connectivity index is 0.922. The first-order chi connectivity index (χ1) is 32.7. The van der Waals surface area contributed by atoms with Crippen molar-refractivity contribution in [1.82, 2.24) is 0 Å². The van der Waals surface area contributed by atoms with Crippen LogP contribution < -0.4 is 4.90 Å². The molecule has 12 aromatic rings. The van der Waals surface area contributed by atoms with Crippen LogP contribution in [0.3, 0.4) is 0 Å². The first-order valence-corrected chi connectivity index (χ1v) is 23.4. The average Bonchev–Trinajstić information content (AvgIpc) is 3.79. The van der Waals surface area contributed by atoms with Gasteiger partial charge in [0.2, 0.25) is 0 Å². The molecule has 1 nitrogen and oxygen atoms in total. The minimum absolute atomic E-state index is 1.09. The molecule has 0 N–H and O–H groups in total. The largest absolute Gasteiger partial charge is 0.311 e. The van der Waals surface area contributed by atoms with E-state index in [-0.39, 0.29) is 0 Å². The van der Waals surface area contributed by atoms with Crippen LogP contribution in [0.4, 0.5) is 17.1 Å². The molecule has 0 unspecified atom stereocenters. The smallest absolute Gasteiger partial charge is 0.0462 e. The molecule has 1 heterocycles.